The van der Waals surface area contributed by atoms with Gasteiger partial charge in [0.1, 0.15) is 0 Å². The van der Waals surface area contributed by atoms with Crippen molar-refractivity contribution in [3.63, 3.8) is 0 Å². The van der Waals surface area contributed by atoms with Crippen molar-refractivity contribution >= 4 is 5.91 Å². The zero-order chi connectivity index (χ0) is 15.0. The Balaban J connectivity index is 0. The summed E-state index contributed by atoms with van der Waals surface area (Å²) >= 11 is 0. The zero-order valence-corrected chi connectivity index (χ0v) is 15.4. The van der Waals surface area contributed by atoms with Gasteiger partial charge in [0, 0.05) is 23.5 Å². The fourth-order valence-corrected chi connectivity index (χ4v) is 1.92. The van der Waals surface area contributed by atoms with E-state index in [-0.39, 0.29) is 41.5 Å². The first kappa shape index (κ1) is 23.2. The molecular formula is C17H25ClFeN2O-6. The second-order valence-corrected chi connectivity index (χ2v) is 5.65. The number of rotatable bonds is 4. The smallest absolute Gasteiger partial charge is 0.199 e. The largest absolute Gasteiger partial charge is 1.00 e. The fraction of sp³-hybridized carbons (Fsp3) is 0.353. The molecule has 2 rings (SSSR count). The quantitative estimate of drug-likeness (QED) is 0.351. The Morgan fingerprint density at radius 2 is 1.50 bits per heavy atom. The first-order valence-corrected chi connectivity index (χ1v) is 6.95. The van der Waals surface area contributed by atoms with E-state index in [1.54, 1.807) is 0 Å². The third kappa shape index (κ3) is 8.40. The van der Waals surface area contributed by atoms with E-state index in [2.05, 4.69) is 33.4 Å². The average molecular weight is 365 g/mol. The molecule has 0 spiro atoms. The Kier molecular flexibility index (Phi) is 12.1. The van der Waals surface area contributed by atoms with Crippen LogP contribution in [0.4, 0.5) is 0 Å². The monoisotopic (exact) mass is 364 g/mol. The molecule has 0 fully saturated rings. The van der Waals surface area contributed by atoms with Gasteiger partial charge in [0.25, 0.3) is 0 Å². The summed E-state index contributed by atoms with van der Waals surface area (Å²) in [6, 6.07) is 17.4. The van der Waals surface area contributed by atoms with Crippen molar-refractivity contribution in [2.75, 3.05) is 21.1 Å². The Hall–Kier alpha value is -1.06. The average Bonchev–Trinajstić information content (AvgIpc) is 3.07. The van der Waals surface area contributed by atoms with Crippen LogP contribution in [0.3, 0.4) is 0 Å². The van der Waals surface area contributed by atoms with Crippen LogP contribution in [-0.2, 0) is 17.1 Å². The SMILES string of the molecule is CCC(NC(=O)[c-]1cccc1)[N+](C)(C)C.[Cl-].[Fe].[cH-]1[cH-][cH-][cH-][cH-]1. The molecule has 0 saturated carbocycles. The van der Waals surface area contributed by atoms with Crippen LogP contribution in [0.1, 0.15) is 23.7 Å². The van der Waals surface area contributed by atoms with Gasteiger partial charge in [0.2, 0.25) is 0 Å². The van der Waals surface area contributed by atoms with Crippen LogP contribution < -0.4 is 17.7 Å². The minimum atomic E-state index is 0. The third-order valence-corrected chi connectivity index (χ3v) is 3.10. The van der Waals surface area contributed by atoms with Crippen molar-refractivity contribution in [2.45, 2.75) is 19.5 Å². The summed E-state index contributed by atoms with van der Waals surface area (Å²) in [6.07, 6.45) is 1.09. The maximum Gasteiger partial charge on any atom is 0.199 e. The van der Waals surface area contributed by atoms with E-state index >= 15 is 0 Å². The number of nitrogens with one attached hydrogen (secondary N) is 1. The molecule has 0 aliphatic heterocycles. The van der Waals surface area contributed by atoms with Gasteiger partial charge < -0.3 is 52.5 Å². The molecule has 1 unspecified atom stereocenters. The van der Waals surface area contributed by atoms with Crippen LogP contribution in [0.15, 0.2) is 54.6 Å². The number of carbonyl (C=O) groups is 1. The van der Waals surface area contributed by atoms with E-state index in [9.17, 15) is 4.79 Å². The van der Waals surface area contributed by atoms with Gasteiger partial charge >= 0.3 is 0 Å². The molecule has 1 atom stereocenters. The molecule has 2 aromatic rings. The molecular weight excluding hydrogens is 339 g/mol. The molecule has 1 N–H and O–H groups in total. The molecule has 22 heavy (non-hydrogen) atoms. The summed E-state index contributed by atoms with van der Waals surface area (Å²) in [6.45, 7) is 2.08. The van der Waals surface area contributed by atoms with Crippen molar-refractivity contribution in [1.29, 1.82) is 0 Å². The van der Waals surface area contributed by atoms with Gasteiger partial charge in [-0.15, -0.1) is 0 Å². The predicted octanol–water partition coefficient (Wildman–Crippen LogP) is -0.0154. The molecule has 0 saturated heterocycles. The second-order valence-electron chi connectivity index (χ2n) is 5.65. The van der Waals surface area contributed by atoms with Crippen LogP contribution in [0.5, 0.6) is 0 Å². The van der Waals surface area contributed by atoms with Gasteiger partial charge in [0.05, 0.1) is 21.1 Å². The summed E-state index contributed by atoms with van der Waals surface area (Å²) in [5.74, 6) is 0.0138. The Morgan fingerprint density at radius 1 is 1.09 bits per heavy atom. The molecule has 0 aliphatic carbocycles. The number of amides is 1. The maximum atomic E-state index is 11.8. The molecule has 2 aromatic carbocycles. The number of hydrogen-bond acceptors (Lipinski definition) is 1. The molecule has 0 aliphatic rings. The van der Waals surface area contributed by atoms with E-state index in [4.69, 9.17) is 0 Å². The standard InChI is InChI=1S/C12H20N2O.C5H5.ClH.Fe/c1-5-11(14(2,3)4)13-12(15)10-8-6-7-9-10;1-2-4-5-3-1;;/h6-9,11H,5H2,1-4H3,(H,13,15);1-5H;1H;/q;-5;;/p-1. The van der Waals surface area contributed by atoms with Crippen molar-refractivity contribution in [3.8, 4) is 0 Å². The first-order valence-electron chi connectivity index (χ1n) is 6.95. The van der Waals surface area contributed by atoms with Crippen molar-refractivity contribution in [3.05, 3.63) is 60.2 Å². The predicted molar refractivity (Wildman–Crippen MR) is 83.6 cm³/mol. The minimum absolute atomic E-state index is 0. The van der Waals surface area contributed by atoms with Crippen LogP contribution in [0, 0.1) is 0 Å². The number of quaternary nitrogens is 1. The van der Waals surface area contributed by atoms with Crippen LogP contribution in [0.25, 0.3) is 0 Å². The Labute approximate surface area is 150 Å². The van der Waals surface area contributed by atoms with Gasteiger partial charge in [-0.05, 0) is 0 Å². The molecule has 130 valence electrons. The third-order valence-electron chi connectivity index (χ3n) is 3.10. The second kappa shape index (κ2) is 11.5. The summed E-state index contributed by atoms with van der Waals surface area (Å²) in [5.41, 5.74) is 0.738. The van der Waals surface area contributed by atoms with Crippen LogP contribution in [0.2, 0.25) is 0 Å². The van der Waals surface area contributed by atoms with Gasteiger partial charge in [-0.25, -0.2) is 12.1 Å². The topological polar surface area (TPSA) is 29.1 Å². The van der Waals surface area contributed by atoms with E-state index < -0.39 is 0 Å². The van der Waals surface area contributed by atoms with Crippen LogP contribution in [-0.4, -0.2) is 37.7 Å². The Bertz CT molecular complexity index is 458. The van der Waals surface area contributed by atoms with Crippen molar-refractivity contribution in [1.82, 2.24) is 5.32 Å². The maximum absolute atomic E-state index is 11.8. The summed E-state index contributed by atoms with van der Waals surface area (Å²) in [5, 5.41) is 3.04. The summed E-state index contributed by atoms with van der Waals surface area (Å²) in [7, 11) is 6.25. The molecule has 5 heteroatoms. The number of halogens is 1. The van der Waals surface area contributed by atoms with Crippen LogP contribution >= 0.6 is 0 Å². The number of nitrogens with zero attached hydrogens (tertiary/aromatic N) is 1. The fourth-order valence-electron chi connectivity index (χ4n) is 1.92. The minimum Gasteiger partial charge on any atom is -1.00 e. The summed E-state index contributed by atoms with van der Waals surface area (Å²) in [4.78, 5) is 11.8. The van der Waals surface area contributed by atoms with E-state index in [1.165, 1.54) is 0 Å². The summed E-state index contributed by atoms with van der Waals surface area (Å²) < 4.78 is 0.739. The molecule has 0 heterocycles. The normalized spacial score (nSPS) is 11.1. The Morgan fingerprint density at radius 3 is 1.82 bits per heavy atom. The molecule has 1 amide bonds. The molecule has 3 nitrogen and oxygen atoms in total. The van der Waals surface area contributed by atoms with Crippen molar-refractivity contribution in [2.24, 2.45) is 0 Å². The van der Waals surface area contributed by atoms with Crippen molar-refractivity contribution < 1.29 is 38.8 Å². The molecule has 0 radical (unpaired) electrons. The first-order chi connectivity index (χ1) is 9.45. The van der Waals surface area contributed by atoms with Gasteiger partial charge in [0.15, 0.2) is 12.1 Å². The number of hydrogen-bond donors (Lipinski definition) is 1. The van der Waals surface area contributed by atoms with E-state index in [0.717, 1.165) is 16.5 Å². The van der Waals surface area contributed by atoms with Gasteiger partial charge in [-0.2, -0.15) is 12.1 Å². The van der Waals surface area contributed by atoms with E-state index in [1.807, 2.05) is 54.6 Å². The molecule has 0 bridgehead atoms. The zero-order valence-electron chi connectivity index (χ0n) is 13.6. The van der Waals surface area contributed by atoms with Gasteiger partial charge in [-0.1, -0.05) is 12.5 Å². The molecule has 0 aromatic heterocycles. The van der Waals surface area contributed by atoms with Gasteiger partial charge in [-0.3, -0.25) is 4.79 Å². The number of carbonyl (C=O) groups excluding carboxylic acids is 1. The van der Waals surface area contributed by atoms with E-state index in [0.29, 0.717) is 0 Å².